The summed E-state index contributed by atoms with van der Waals surface area (Å²) in [6.45, 7) is 0. The highest BCUT2D eigenvalue weighted by molar-refractivity contribution is 5.58. The summed E-state index contributed by atoms with van der Waals surface area (Å²) in [5, 5.41) is 0. The number of aromatic amines is 2. The molecule has 0 aliphatic heterocycles. The summed E-state index contributed by atoms with van der Waals surface area (Å²) in [5.74, 6) is 0. The monoisotopic (exact) mass is 288 g/mol. The van der Waals surface area contributed by atoms with E-state index in [1.807, 2.05) is 73.1 Å². The van der Waals surface area contributed by atoms with Gasteiger partial charge >= 0.3 is 0 Å². The molecule has 0 unspecified atom stereocenters. The average molecular weight is 288 g/mol. The van der Waals surface area contributed by atoms with E-state index in [9.17, 15) is 0 Å². The molecule has 0 atom stereocenters. The molecule has 2 heterocycles. The van der Waals surface area contributed by atoms with Gasteiger partial charge in [0.05, 0.1) is 36.4 Å². The number of benzene rings is 2. The zero-order chi connectivity index (χ0) is 15.0. The van der Waals surface area contributed by atoms with Crippen molar-refractivity contribution in [2.75, 3.05) is 0 Å². The van der Waals surface area contributed by atoms with Crippen LogP contribution in [0.5, 0.6) is 0 Å². The van der Waals surface area contributed by atoms with E-state index in [4.69, 9.17) is 0 Å². The molecule has 0 radical (unpaired) electrons. The molecule has 0 saturated carbocycles. The van der Waals surface area contributed by atoms with Crippen molar-refractivity contribution in [3.8, 4) is 22.5 Å². The number of imidazole rings is 2. The van der Waals surface area contributed by atoms with Gasteiger partial charge in [-0.15, -0.1) is 0 Å². The summed E-state index contributed by atoms with van der Waals surface area (Å²) in [7, 11) is 0. The lowest BCUT2D eigenvalue weighted by molar-refractivity contribution is 1.31. The normalized spacial score (nSPS) is 9.82. The van der Waals surface area contributed by atoms with Crippen LogP contribution in [0.15, 0.2) is 85.7 Å². The number of nitrogens with one attached hydrogen (secondary N) is 2. The molecule has 0 bridgehead atoms. The first-order chi connectivity index (χ1) is 10.9. The van der Waals surface area contributed by atoms with Crippen molar-refractivity contribution in [3.63, 3.8) is 0 Å². The summed E-state index contributed by atoms with van der Waals surface area (Å²) < 4.78 is 0. The molecular formula is C18H16N4. The molecule has 4 aromatic rings. The van der Waals surface area contributed by atoms with Crippen molar-refractivity contribution in [3.05, 3.63) is 85.7 Å². The fourth-order valence-corrected chi connectivity index (χ4v) is 2.06. The number of H-pyrrole nitrogens is 2. The van der Waals surface area contributed by atoms with Crippen LogP contribution in [-0.4, -0.2) is 19.9 Å². The van der Waals surface area contributed by atoms with Crippen molar-refractivity contribution in [1.29, 1.82) is 0 Å². The Bertz CT molecular complexity index is 691. The number of aromatic nitrogens is 4. The van der Waals surface area contributed by atoms with E-state index in [2.05, 4.69) is 19.9 Å². The minimum absolute atomic E-state index is 1.06. The molecule has 0 aliphatic carbocycles. The van der Waals surface area contributed by atoms with Crippen molar-refractivity contribution in [2.45, 2.75) is 0 Å². The first-order valence-corrected chi connectivity index (χ1v) is 7.01. The third-order valence-corrected chi connectivity index (χ3v) is 3.17. The second-order valence-corrected chi connectivity index (χ2v) is 4.66. The number of rotatable bonds is 2. The highest BCUT2D eigenvalue weighted by Crippen LogP contribution is 2.14. The molecule has 4 nitrogen and oxygen atoms in total. The van der Waals surface area contributed by atoms with Crippen molar-refractivity contribution in [2.24, 2.45) is 0 Å². The maximum atomic E-state index is 3.94. The molecular weight excluding hydrogens is 272 g/mol. The second-order valence-electron chi connectivity index (χ2n) is 4.66. The van der Waals surface area contributed by atoms with E-state index >= 15 is 0 Å². The van der Waals surface area contributed by atoms with Gasteiger partial charge < -0.3 is 9.97 Å². The summed E-state index contributed by atoms with van der Waals surface area (Å²) in [6.07, 6.45) is 7.00. The van der Waals surface area contributed by atoms with E-state index in [-0.39, 0.29) is 0 Å². The van der Waals surface area contributed by atoms with Gasteiger partial charge in [-0.05, 0) is 11.1 Å². The Morgan fingerprint density at radius 2 is 0.955 bits per heavy atom. The first-order valence-electron chi connectivity index (χ1n) is 7.01. The summed E-state index contributed by atoms with van der Waals surface area (Å²) in [5.41, 5.74) is 4.46. The molecule has 0 saturated heterocycles. The molecule has 22 heavy (non-hydrogen) atoms. The minimum atomic E-state index is 1.06. The van der Waals surface area contributed by atoms with Crippen molar-refractivity contribution < 1.29 is 0 Å². The zero-order valence-electron chi connectivity index (χ0n) is 12.0. The summed E-state index contributed by atoms with van der Waals surface area (Å²) >= 11 is 0. The standard InChI is InChI=1S/2C9H8N2/c2*1-2-4-8(5-3-1)9-6-10-7-11-9/h2*1-7H,(H,10,11). The molecule has 2 aromatic heterocycles. The van der Waals surface area contributed by atoms with Gasteiger partial charge in [-0.25, -0.2) is 9.97 Å². The Labute approximate surface area is 128 Å². The van der Waals surface area contributed by atoms with Crippen LogP contribution < -0.4 is 0 Å². The van der Waals surface area contributed by atoms with Gasteiger partial charge in [-0.3, -0.25) is 0 Å². The maximum Gasteiger partial charge on any atom is 0.0924 e. The third kappa shape index (κ3) is 3.49. The fourth-order valence-electron chi connectivity index (χ4n) is 2.06. The van der Waals surface area contributed by atoms with Gasteiger partial charge in [0.15, 0.2) is 0 Å². The number of nitrogens with zero attached hydrogens (tertiary/aromatic N) is 2. The van der Waals surface area contributed by atoms with E-state index < -0.39 is 0 Å². The highest BCUT2D eigenvalue weighted by Gasteiger charge is 1.94. The zero-order valence-corrected chi connectivity index (χ0v) is 12.0. The molecule has 4 heteroatoms. The minimum Gasteiger partial charge on any atom is -0.345 e. The predicted molar refractivity (Wildman–Crippen MR) is 88.0 cm³/mol. The molecule has 0 spiro atoms. The van der Waals surface area contributed by atoms with Gasteiger partial charge in [-0.1, -0.05) is 60.7 Å². The van der Waals surface area contributed by atoms with Crippen LogP contribution in [0.4, 0.5) is 0 Å². The smallest absolute Gasteiger partial charge is 0.0924 e. The van der Waals surface area contributed by atoms with Gasteiger partial charge in [-0.2, -0.15) is 0 Å². The quantitative estimate of drug-likeness (QED) is 0.582. The van der Waals surface area contributed by atoms with Crippen LogP contribution in [0.3, 0.4) is 0 Å². The Balaban J connectivity index is 0.000000131. The fraction of sp³-hybridized carbons (Fsp3) is 0. The lowest BCUT2D eigenvalue weighted by Gasteiger charge is -1.93. The van der Waals surface area contributed by atoms with Gasteiger partial charge in [0.2, 0.25) is 0 Å². The molecule has 0 aliphatic rings. The maximum absolute atomic E-state index is 3.94. The van der Waals surface area contributed by atoms with E-state index in [0.29, 0.717) is 0 Å². The third-order valence-electron chi connectivity index (χ3n) is 3.17. The van der Waals surface area contributed by atoms with Crippen LogP contribution in [0, 0.1) is 0 Å². The molecule has 2 N–H and O–H groups in total. The van der Waals surface area contributed by atoms with Crippen LogP contribution in [-0.2, 0) is 0 Å². The predicted octanol–water partition coefficient (Wildman–Crippen LogP) is 4.15. The van der Waals surface area contributed by atoms with Crippen LogP contribution in [0.1, 0.15) is 0 Å². The lowest BCUT2D eigenvalue weighted by atomic mass is 10.2. The highest BCUT2D eigenvalue weighted by atomic mass is 14.9. The second kappa shape index (κ2) is 7.04. The van der Waals surface area contributed by atoms with E-state index in [1.54, 1.807) is 12.7 Å². The van der Waals surface area contributed by atoms with Crippen LogP contribution in [0.2, 0.25) is 0 Å². The molecule has 0 fully saturated rings. The van der Waals surface area contributed by atoms with Gasteiger partial charge in [0.1, 0.15) is 0 Å². The van der Waals surface area contributed by atoms with E-state index in [1.165, 1.54) is 11.1 Å². The molecule has 2 aromatic carbocycles. The SMILES string of the molecule is c1ccc(-c2cnc[nH]2)cc1.c1ccc(-c2cnc[nH]2)cc1. The van der Waals surface area contributed by atoms with Crippen molar-refractivity contribution in [1.82, 2.24) is 19.9 Å². The number of hydrogen-bond acceptors (Lipinski definition) is 2. The topological polar surface area (TPSA) is 57.4 Å². The number of hydrogen-bond donors (Lipinski definition) is 2. The largest absolute Gasteiger partial charge is 0.345 e. The molecule has 4 rings (SSSR count). The van der Waals surface area contributed by atoms with Crippen LogP contribution in [0.25, 0.3) is 22.5 Å². The molecule has 0 amide bonds. The van der Waals surface area contributed by atoms with Crippen LogP contribution >= 0.6 is 0 Å². The molecule has 108 valence electrons. The first kappa shape index (κ1) is 13.8. The summed E-state index contributed by atoms with van der Waals surface area (Å²) in [4.78, 5) is 14.0. The van der Waals surface area contributed by atoms with Gasteiger partial charge in [0.25, 0.3) is 0 Å². The van der Waals surface area contributed by atoms with E-state index in [0.717, 1.165) is 11.4 Å². The van der Waals surface area contributed by atoms with Crippen molar-refractivity contribution >= 4 is 0 Å². The Kier molecular flexibility index (Phi) is 4.42. The Morgan fingerprint density at radius 1 is 0.545 bits per heavy atom. The summed E-state index contributed by atoms with van der Waals surface area (Å²) in [6, 6.07) is 20.2. The van der Waals surface area contributed by atoms with Gasteiger partial charge in [0, 0.05) is 0 Å². The Morgan fingerprint density at radius 3 is 1.27 bits per heavy atom. The lowest BCUT2D eigenvalue weighted by Crippen LogP contribution is -1.73. The Hall–Kier alpha value is -3.14. The average Bonchev–Trinajstić information content (AvgIpc) is 3.31.